The zero-order valence-electron chi connectivity index (χ0n) is 2.57. The summed E-state index contributed by atoms with van der Waals surface area (Å²) in [5, 5.41) is 12.0. The van der Waals surface area contributed by atoms with Gasteiger partial charge in [0.05, 0.1) is 0 Å². The predicted molar refractivity (Wildman–Crippen MR) is 50.9 cm³/mol. The molecule has 0 heterocycles. The monoisotopic (exact) mass is 179 g/mol. The van der Waals surface area contributed by atoms with E-state index in [1.54, 1.807) is 0 Å². The van der Waals surface area contributed by atoms with Gasteiger partial charge in [-0.15, -0.1) is 0 Å². The molecule has 0 aromatic rings. The van der Waals surface area contributed by atoms with E-state index >= 15 is 0 Å². The molecular formula is C5H23O6+. The van der Waals surface area contributed by atoms with E-state index < -0.39 is 0 Å². The highest BCUT2D eigenvalue weighted by Gasteiger charge is 0.819. The van der Waals surface area contributed by atoms with Crippen LogP contribution in [0.3, 0.4) is 0 Å². The quantitative estimate of drug-likeness (QED) is 0.337. The van der Waals surface area contributed by atoms with Crippen LogP contribution in [0.15, 0.2) is 0 Å². The second-order valence-corrected chi connectivity index (χ2v) is 0. The summed E-state index contributed by atoms with van der Waals surface area (Å²) >= 11 is 0. The van der Waals surface area contributed by atoms with E-state index in [2.05, 4.69) is 0 Å². The van der Waals surface area contributed by atoms with E-state index in [-0.39, 0.29) is 37.1 Å². The van der Waals surface area contributed by atoms with Crippen molar-refractivity contribution in [2.45, 2.75) is 37.1 Å². The lowest BCUT2D eigenvalue weighted by Crippen LogP contribution is -1.29. The number of rotatable bonds is 0. The Balaban J connectivity index is -0.00000000167. The Morgan fingerprint density at radius 1 is 0.636 bits per heavy atom. The minimum Gasteiger partial charge on any atom is -0.255 e. The SMILES string of the molecule is C.C.C.C.C.O=O.O=[OH+].OO. The summed E-state index contributed by atoms with van der Waals surface area (Å²) in [6.45, 7) is 0. The molecule has 0 radical (unpaired) electrons. The first-order valence-electron chi connectivity index (χ1n) is 0.549. The Labute approximate surface area is 68.6 Å². The molecule has 11 heavy (non-hydrogen) atoms. The van der Waals surface area contributed by atoms with Gasteiger partial charge < -0.3 is 0 Å². The lowest BCUT2D eigenvalue weighted by Gasteiger charge is -1.25. The van der Waals surface area contributed by atoms with Gasteiger partial charge in [0.1, 0.15) is 0 Å². The molecule has 3 N–H and O–H groups in total. The highest BCUT2D eigenvalue weighted by atomic mass is 17.0. The molecule has 0 bridgehead atoms. The third-order valence-electron chi connectivity index (χ3n) is 0. The Bertz CT molecular complexity index is 12.9. The lowest BCUT2D eigenvalue weighted by atomic mass is 12.0. The molecule has 0 atom stereocenters. The highest BCUT2D eigenvalue weighted by molar-refractivity contribution is 4.07. The van der Waals surface area contributed by atoms with Crippen molar-refractivity contribution in [2.24, 2.45) is 0 Å². The fourth-order valence-corrected chi connectivity index (χ4v) is 0. The van der Waals surface area contributed by atoms with Gasteiger partial charge in [0.15, 0.2) is 0 Å². The van der Waals surface area contributed by atoms with Crippen molar-refractivity contribution < 1.29 is 15.5 Å². The highest BCUT2D eigenvalue weighted by Crippen LogP contribution is 0.741. The van der Waals surface area contributed by atoms with E-state index in [0.717, 1.165) is 0 Å². The van der Waals surface area contributed by atoms with Crippen molar-refractivity contribution in [3.05, 3.63) is 14.9 Å². The van der Waals surface area contributed by atoms with Gasteiger partial charge in [0.2, 0.25) is 4.96 Å². The molecule has 0 rings (SSSR count). The number of hydrogen-bond acceptors (Lipinski definition) is 5. The van der Waals surface area contributed by atoms with Crippen molar-refractivity contribution in [1.82, 2.24) is 0 Å². The second-order valence-electron chi connectivity index (χ2n) is 0. The molecular weight excluding hydrogens is 156 g/mol. The third-order valence-corrected chi connectivity index (χ3v) is 0. The molecule has 0 saturated carbocycles. The normalized spacial score (nSPS) is 1.27. The van der Waals surface area contributed by atoms with Gasteiger partial charge in [-0.2, -0.15) is 0 Å². The van der Waals surface area contributed by atoms with Gasteiger partial charge in [-0.1, -0.05) is 37.1 Å². The Morgan fingerprint density at radius 2 is 0.636 bits per heavy atom. The summed E-state index contributed by atoms with van der Waals surface area (Å²) in [6.07, 6.45) is 0. The molecule has 0 aliphatic rings. The molecule has 6 heteroatoms. The summed E-state index contributed by atoms with van der Waals surface area (Å²) in [6, 6.07) is 0. The average Bonchev–Trinajstić information content (AvgIpc) is 1.81. The average molecular weight is 179 g/mol. The Hall–Kier alpha value is -0.880. The van der Waals surface area contributed by atoms with Crippen LogP contribution in [-0.2, 0) is 0 Å². The van der Waals surface area contributed by atoms with E-state index in [1.807, 2.05) is 0 Å². The van der Waals surface area contributed by atoms with Gasteiger partial charge in [0.25, 0.3) is 0 Å². The topological polar surface area (TPSA) is 113 Å². The molecule has 0 spiro atoms. The predicted octanol–water partition coefficient (Wildman–Crippen LogP) is 3.12. The van der Waals surface area contributed by atoms with Gasteiger partial charge in [-0.05, 0) is 0 Å². The molecule has 78 valence electrons. The summed E-state index contributed by atoms with van der Waals surface area (Å²) in [5.41, 5.74) is 0. The maximum atomic E-state index is 7.25. The second kappa shape index (κ2) is 777. The first-order chi connectivity index (χ1) is 3.00. The van der Waals surface area contributed by atoms with Gasteiger partial charge >= 0.3 is 0 Å². The van der Waals surface area contributed by atoms with Crippen LogP contribution in [0.25, 0.3) is 0 Å². The van der Waals surface area contributed by atoms with Gasteiger partial charge in [0, 0.05) is 14.9 Å². The third kappa shape index (κ3) is 597. The first kappa shape index (κ1) is 187. The largest absolute Gasteiger partial charge is 0.255 e. The summed E-state index contributed by atoms with van der Waals surface area (Å²) < 4.78 is 0. The van der Waals surface area contributed by atoms with Crippen LogP contribution < -0.4 is 0 Å². The van der Waals surface area contributed by atoms with E-state index in [4.69, 9.17) is 30.4 Å². The van der Waals surface area contributed by atoms with E-state index in [0.29, 0.717) is 0 Å². The van der Waals surface area contributed by atoms with Gasteiger partial charge in [-0.3, -0.25) is 10.5 Å². The Morgan fingerprint density at radius 3 is 0.636 bits per heavy atom. The molecule has 0 aromatic heterocycles. The first-order valence-corrected chi connectivity index (χ1v) is 0.549. The zero-order chi connectivity index (χ0) is 6.00. The summed E-state index contributed by atoms with van der Waals surface area (Å²) in [5.74, 6) is 0. The van der Waals surface area contributed by atoms with Crippen LogP contribution in [-0.4, -0.2) is 15.5 Å². The van der Waals surface area contributed by atoms with Crippen molar-refractivity contribution in [2.75, 3.05) is 0 Å². The fourth-order valence-electron chi connectivity index (χ4n) is 0. The lowest BCUT2D eigenvalue weighted by molar-refractivity contribution is -0.176. The van der Waals surface area contributed by atoms with Crippen molar-refractivity contribution >= 4 is 0 Å². The standard InChI is InChI=1S/5CH4.H2O2.2O2/c;;;;;3*1-2/h5*1H4;1-2H;;/p+1. The van der Waals surface area contributed by atoms with Crippen LogP contribution >= 0.6 is 0 Å². The number of hydrogen-bond donors (Lipinski definition) is 2. The molecule has 0 aromatic carbocycles. The van der Waals surface area contributed by atoms with Crippen LogP contribution in [0.1, 0.15) is 37.1 Å². The molecule has 0 saturated heterocycles. The van der Waals surface area contributed by atoms with Crippen LogP contribution in [0.5, 0.6) is 0 Å². The minimum absolute atomic E-state index is 0. The minimum atomic E-state index is 0. The molecule has 0 aliphatic carbocycles. The molecule has 0 unspecified atom stereocenters. The van der Waals surface area contributed by atoms with E-state index in [9.17, 15) is 0 Å². The summed E-state index contributed by atoms with van der Waals surface area (Å²) in [7, 11) is 0. The van der Waals surface area contributed by atoms with Crippen molar-refractivity contribution in [3.8, 4) is 0 Å². The van der Waals surface area contributed by atoms with Crippen LogP contribution in [0.4, 0.5) is 0 Å². The van der Waals surface area contributed by atoms with Crippen LogP contribution in [0.2, 0.25) is 0 Å². The fraction of sp³-hybridized carbons (Fsp3) is 1.00. The molecule has 0 amide bonds. The van der Waals surface area contributed by atoms with Crippen LogP contribution in [0, 0.1) is 14.9 Å². The van der Waals surface area contributed by atoms with Crippen molar-refractivity contribution in [3.63, 3.8) is 0 Å². The molecule has 0 fully saturated rings. The zero-order valence-corrected chi connectivity index (χ0v) is 2.57. The maximum absolute atomic E-state index is 7.25. The maximum Gasteiger partial charge on any atom is 0.202 e. The van der Waals surface area contributed by atoms with Crippen molar-refractivity contribution in [1.29, 1.82) is 0 Å². The molecule has 6 nitrogen and oxygen atoms in total. The molecule has 0 aliphatic heterocycles. The van der Waals surface area contributed by atoms with E-state index in [1.165, 1.54) is 0 Å². The summed E-state index contributed by atoms with van der Waals surface area (Å²) in [4.78, 5) is 27.0. The smallest absolute Gasteiger partial charge is 0.202 e. The van der Waals surface area contributed by atoms with Gasteiger partial charge in [-0.25, -0.2) is 0 Å². The Kier molecular flexibility index (Phi) is 13200.